The lowest BCUT2D eigenvalue weighted by atomic mass is 9.94. The van der Waals surface area contributed by atoms with E-state index in [4.69, 9.17) is 16.3 Å². The van der Waals surface area contributed by atoms with Crippen LogP contribution < -0.4 is 15.4 Å². The van der Waals surface area contributed by atoms with Gasteiger partial charge >= 0.3 is 0 Å². The summed E-state index contributed by atoms with van der Waals surface area (Å²) >= 11 is 6.25. The molecule has 1 amide bonds. The van der Waals surface area contributed by atoms with Crippen molar-refractivity contribution in [1.82, 2.24) is 10.2 Å². The van der Waals surface area contributed by atoms with Gasteiger partial charge in [-0.1, -0.05) is 42.8 Å². The molecule has 1 unspecified atom stereocenters. The van der Waals surface area contributed by atoms with Crippen molar-refractivity contribution in [1.29, 1.82) is 0 Å². The Morgan fingerprint density at radius 3 is 2.67 bits per heavy atom. The molecule has 3 rings (SSSR count). The van der Waals surface area contributed by atoms with E-state index in [1.165, 1.54) is 11.1 Å². The summed E-state index contributed by atoms with van der Waals surface area (Å²) in [5.74, 6) is 0.316. The van der Waals surface area contributed by atoms with Gasteiger partial charge in [0.25, 0.3) is 5.91 Å². The van der Waals surface area contributed by atoms with Crippen LogP contribution in [0.5, 0.6) is 5.75 Å². The summed E-state index contributed by atoms with van der Waals surface area (Å²) in [5.41, 5.74) is 3.75. The maximum atomic E-state index is 12.9. The number of rotatable bonds is 6. The number of halogens is 1. The highest BCUT2D eigenvalue weighted by molar-refractivity contribution is 6.34. The van der Waals surface area contributed by atoms with Crippen LogP contribution in [-0.4, -0.2) is 44.1 Å². The Morgan fingerprint density at radius 2 is 2.00 bits per heavy atom. The molecular weight excluding hydrogens is 362 g/mol. The van der Waals surface area contributed by atoms with E-state index in [9.17, 15) is 4.79 Å². The summed E-state index contributed by atoms with van der Waals surface area (Å²) in [4.78, 5) is 15.3. The molecule has 2 N–H and O–H groups in total. The van der Waals surface area contributed by atoms with Crippen LogP contribution in [0.1, 0.15) is 28.4 Å². The molecule has 0 fully saturated rings. The number of methoxy groups -OCH3 is 1. The first-order valence-corrected chi connectivity index (χ1v) is 9.60. The van der Waals surface area contributed by atoms with Gasteiger partial charge in [0, 0.05) is 26.2 Å². The Kier molecular flexibility index (Phi) is 6.24. The maximum absolute atomic E-state index is 12.9. The summed E-state index contributed by atoms with van der Waals surface area (Å²) in [6, 6.07) is 12.2. The highest BCUT2D eigenvalue weighted by Gasteiger charge is 2.26. The first-order valence-electron chi connectivity index (χ1n) is 9.22. The quantitative estimate of drug-likeness (QED) is 0.795. The van der Waals surface area contributed by atoms with Crippen LogP contribution in [0.3, 0.4) is 0 Å². The average Bonchev–Trinajstić information content (AvgIpc) is 2.70. The number of carbonyl (C=O) groups is 1. The van der Waals surface area contributed by atoms with Crippen molar-refractivity contribution in [3.05, 3.63) is 58.1 Å². The number of carbonyl (C=O) groups excluding carboxylic acids is 1. The summed E-state index contributed by atoms with van der Waals surface area (Å²) < 4.78 is 5.37. The van der Waals surface area contributed by atoms with Crippen molar-refractivity contribution >= 4 is 23.2 Å². The molecule has 1 aliphatic heterocycles. The molecule has 5 nitrogen and oxygen atoms in total. The second-order valence-corrected chi connectivity index (χ2v) is 7.06. The molecule has 2 aromatic carbocycles. The number of amides is 1. The Labute approximate surface area is 165 Å². The highest BCUT2D eigenvalue weighted by Crippen LogP contribution is 2.33. The highest BCUT2D eigenvalue weighted by atomic mass is 35.5. The fourth-order valence-electron chi connectivity index (χ4n) is 3.71. The molecule has 27 heavy (non-hydrogen) atoms. The number of likely N-dealkylation sites (N-methyl/N-ethyl adjacent to an activating group) is 1. The standard InChI is InChI=1S/C21H26ClN3O2/c1-4-25-13-15-8-6-5-7-14(15)11-16(25)12-24-21(26)19-18(27-3)10-9-17(22)20(19)23-2/h5-10,16,23H,4,11-13H2,1-3H3,(H,24,26). The predicted octanol–water partition coefficient (Wildman–Crippen LogP) is 3.57. The zero-order valence-corrected chi connectivity index (χ0v) is 16.8. The van der Waals surface area contributed by atoms with Crippen LogP contribution >= 0.6 is 11.6 Å². The Hall–Kier alpha value is -2.24. The molecule has 0 radical (unpaired) electrons. The van der Waals surface area contributed by atoms with Gasteiger partial charge in [-0.2, -0.15) is 0 Å². The summed E-state index contributed by atoms with van der Waals surface area (Å²) in [5, 5.41) is 6.58. The fraction of sp³-hybridized carbons (Fsp3) is 0.381. The molecule has 0 aliphatic carbocycles. The van der Waals surface area contributed by atoms with E-state index in [1.807, 2.05) is 0 Å². The molecule has 0 aromatic heterocycles. The molecule has 0 spiro atoms. The number of ether oxygens (including phenoxy) is 1. The number of hydrogen-bond acceptors (Lipinski definition) is 4. The number of benzene rings is 2. The lowest BCUT2D eigenvalue weighted by molar-refractivity contribution is 0.0925. The Bertz CT molecular complexity index is 825. The van der Waals surface area contributed by atoms with Gasteiger partial charge in [-0.15, -0.1) is 0 Å². The van der Waals surface area contributed by atoms with E-state index in [-0.39, 0.29) is 11.9 Å². The molecule has 2 aromatic rings. The van der Waals surface area contributed by atoms with Crippen molar-refractivity contribution in [2.45, 2.75) is 25.9 Å². The van der Waals surface area contributed by atoms with Gasteiger partial charge in [-0.3, -0.25) is 9.69 Å². The third kappa shape index (κ3) is 4.04. The van der Waals surface area contributed by atoms with Crippen molar-refractivity contribution < 1.29 is 9.53 Å². The minimum Gasteiger partial charge on any atom is -0.496 e. The van der Waals surface area contributed by atoms with Gasteiger partial charge in [-0.25, -0.2) is 0 Å². The van der Waals surface area contributed by atoms with Gasteiger partial charge in [0.2, 0.25) is 0 Å². The zero-order chi connectivity index (χ0) is 19.4. The molecular formula is C21H26ClN3O2. The average molecular weight is 388 g/mol. The molecule has 6 heteroatoms. The predicted molar refractivity (Wildman–Crippen MR) is 110 cm³/mol. The Balaban J connectivity index is 1.77. The van der Waals surface area contributed by atoms with Crippen molar-refractivity contribution in [3.63, 3.8) is 0 Å². The van der Waals surface area contributed by atoms with E-state index in [0.717, 1.165) is 19.5 Å². The summed E-state index contributed by atoms with van der Waals surface area (Å²) in [6.45, 7) is 4.58. The number of hydrogen-bond donors (Lipinski definition) is 2. The van der Waals surface area contributed by atoms with Gasteiger partial charge in [-0.05, 0) is 36.2 Å². The topological polar surface area (TPSA) is 53.6 Å². The maximum Gasteiger partial charge on any atom is 0.257 e. The summed E-state index contributed by atoms with van der Waals surface area (Å²) in [6.07, 6.45) is 0.926. The van der Waals surface area contributed by atoms with Crippen molar-refractivity contribution in [2.24, 2.45) is 0 Å². The fourth-order valence-corrected chi connectivity index (χ4v) is 3.96. The number of anilines is 1. The van der Waals surface area contributed by atoms with Crippen LogP contribution in [0.2, 0.25) is 5.02 Å². The van der Waals surface area contributed by atoms with Gasteiger partial charge in [0.05, 0.1) is 17.8 Å². The molecule has 144 valence electrons. The normalized spacial score (nSPS) is 16.5. The van der Waals surface area contributed by atoms with E-state index in [2.05, 4.69) is 46.7 Å². The van der Waals surface area contributed by atoms with E-state index >= 15 is 0 Å². The van der Waals surface area contributed by atoms with Crippen molar-refractivity contribution in [3.8, 4) is 5.75 Å². The number of nitrogens with one attached hydrogen (secondary N) is 2. The molecule has 0 bridgehead atoms. The van der Waals surface area contributed by atoms with E-state index < -0.39 is 0 Å². The van der Waals surface area contributed by atoms with E-state index in [0.29, 0.717) is 28.6 Å². The van der Waals surface area contributed by atoms with E-state index in [1.54, 1.807) is 26.3 Å². The van der Waals surface area contributed by atoms with Crippen LogP contribution in [0, 0.1) is 0 Å². The SMILES string of the molecule is CCN1Cc2ccccc2CC1CNC(=O)c1c(OC)ccc(Cl)c1NC. The number of fused-ring (bicyclic) bond motifs is 1. The van der Waals surface area contributed by atoms with Gasteiger partial charge in [0.15, 0.2) is 0 Å². The number of nitrogens with zero attached hydrogens (tertiary/aromatic N) is 1. The molecule has 1 atom stereocenters. The van der Waals surface area contributed by atoms with Crippen LogP contribution in [0.4, 0.5) is 5.69 Å². The van der Waals surface area contributed by atoms with Crippen LogP contribution in [0.25, 0.3) is 0 Å². The minimum atomic E-state index is -0.186. The zero-order valence-electron chi connectivity index (χ0n) is 16.0. The molecule has 1 aliphatic rings. The first-order chi connectivity index (χ1) is 13.1. The lowest BCUT2D eigenvalue weighted by Crippen LogP contribution is -2.47. The third-order valence-electron chi connectivity index (χ3n) is 5.18. The van der Waals surface area contributed by atoms with Crippen LogP contribution in [0.15, 0.2) is 36.4 Å². The molecule has 0 saturated carbocycles. The van der Waals surface area contributed by atoms with Gasteiger partial charge < -0.3 is 15.4 Å². The van der Waals surface area contributed by atoms with Gasteiger partial charge in [0.1, 0.15) is 11.3 Å². The van der Waals surface area contributed by atoms with Crippen molar-refractivity contribution in [2.75, 3.05) is 32.6 Å². The largest absolute Gasteiger partial charge is 0.496 e. The monoisotopic (exact) mass is 387 g/mol. The second kappa shape index (κ2) is 8.63. The lowest BCUT2D eigenvalue weighted by Gasteiger charge is -2.36. The smallest absolute Gasteiger partial charge is 0.257 e. The molecule has 0 saturated heterocycles. The molecule has 1 heterocycles. The third-order valence-corrected chi connectivity index (χ3v) is 5.50. The minimum absolute atomic E-state index is 0.186. The van der Waals surface area contributed by atoms with Crippen LogP contribution in [-0.2, 0) is 13.0 Å². The summed E-state index contributed by atoms with van der Waals surface area (Å²) in [7, 11) is 3.30. The second-order valence-electron chi connectivity index (χ2n) is 6.65. The Morgan fingerprint density at radius 1 is 1.26 bits per heavy atom. The first kappa shape index (κ1) is 19.5.